The summed E-state index contributed by atoms with van der Waals surface area (Å²) in [6, 6.07) is 5.06. The topological polar surface area (TPSA) is 92.1 Å². The lowest BCUT2D eigenvalue weighted by atomic mass is 10.3. The highest BCUT2D eigenvalue weighted by atomic mass is 79.9. The lowest BCUT2D eigenvalue weighted by molar-refractivity contribution is 0.593. The van der Waals surface area contributed by atoms with Crippen LogP contribution in [0.25, 0.3) is 0 Å². The molecule has 0 radical (unpaired) electrons. The quantitative estimate of drug-likeness (QED) is 0.822. The molecule has 0 atom stereocenters. The lowest BCUT2D eigenvalue weighted by Gasteiger charge is -2.21. The molecule has 0 bridgehead atoms. The summed E-state index contributed by atoms with van der Waals surface area (Å²) in [5.41, 5.74) is 7.63. The standard InChI is InChI=1S/C12H15BrN4O2S/c1-7-12(8(2)16-15-7)20(18,19)17(3)11-5-4-9(13)6-10(11)14/h4-6H,14H2,1-3H3,(H,15,16). The molecule has 0 aliphatic carbocycles. The summed E-state index contributed by atoms with van der Waals surface area (Å²) in [4.78, 5) is 0.183. The van der Waals surface area contributed by atoms with Gasteiger partial charge in [0.2, 0.25) is 0 Å². The molecule has 2 aromatic rings. The molecule has 6 nitrogen and oxygen atoms in total. The van der Waals surface area contributed by atoms with E-state index in [1.54, 1.807) is 32.0 Å². The van der Waals surface area contributed by atoms with Gasteiger partial charge in [0.15, 0.2) is 0 Å². The monoisotopic (exact) mass is 358 g/mol. The number of aryl methyl sites for hydroxylation is 2. The van der Waals surface area contributed by atoms with E-state index in [9.17, 15) is 8.42 Å². The molecule has 0 fully saturated rings. The summed E-state index contributed by atoms with van der Waals surface area (Å²) in [6.45, 7) is 3.32. The van der Waals surface area contributed by atoms with Gasteiger partial charge in [-0.15, -0.1) is 0 Å². The van der Waals surface area contributed by atoms with Crippen molar-refractivity contribution in [1.29, 1.82) is 0 Å². The van der Waals surface area contributed by atoms with Crippen LogP contribution in [-0.2, 0) is 10.0 Å². The number of H-pyrrole nitrogens is 1. The Hall–Kier alpha value is -1.54. The largest absolute Gasteiger partial charge is 0.397 e. The molecular formula is C12H15BrN4O2S. The van der Waals surface area contributed by atoms with Crippen LogP contribution >= 0.6 is 15.9 Å². The number of hydrogen-bond acceptors (Lipinski definition) is 4. The molecule has 1 aromatic carbocycles. The normalized spacial score (nSPS) is 11.6. The second kappa shape index (κ2) is 5.10. The van der Waals surface area contributed by atoms with Crippen LogP contribution in [-0.4, -0.2) is 25.7 Å². The van der Waals surface area contributed by atoms with Crippen LogP contribution in [0, 0.1) is 13.8 Å². The fourth-order valence-corrected chi connectivity index (χ4v) is 3.93. The predicted octanol–water partition coefficient (Wildman–Crippen LogP) is 2.20. The van der Waals surface area contributed by atoms with Crippen LogP contribution in [0.15, 0.2) is 27.6 Å². The third-order valence-electron chi connectivity index (χ3n) is 3.01. The van der Waals surface area contributed by atoms with Crippen molar-refractivity contribution in [3.8, 4) is 0 Å². The molecule has 0 saturated heterocycles. The molecular weight excluding hydrogens is 344 g/mol. The highest BCUT2D eigenvalue weighted by Gasteiger charge is 2.28. The first kappa shape index (κ1) is 14.9. The summed E-state index contributed by atoms with van der Waals surface area (Å²) in [5.74, 6) is 0. The molecule has 1 heterocycles. The van der Waals surface area contributed by atoms with Gasteiger partial charge >= 0.3 is 0 Å². The number of halogens is 1. The van der Waals surface area contributed by atoms with Crippen LogP contribution in [0.5, 0.6) is 0 Å². The number of nitrogen functional groups attached to an aromatic ring is 1. The van der Waals surface area contributed by atoms with Gasteiger partial charge in [-0.3, -0.25) is 9.40 Å². The van der Waals surface area contributed by atoms with E-state index in [1.807, 2.05) is 0 Å². The number of nitrogens with zero attached hydrogens (tertiary/aromatic N) is 2. The molecule has 1 aromatic heterocycles. The molecule has 0 aliphatic rings. The molecule has 2 rings (SSSR count). The van der Waals surface area contributed by atoms with Gasteiger partial charge in [0, 0.05) is 11.5 Å². The number of nitrogens with one attached hydrogen (secondary N) is 1. The summed E-state index contributed by atoms with van der Waals surface area (Å²) in [7, 11) is -2.23. The number of aromatic amines is 1. The van der Waals surface area contributed by atoms with Gasteiger partial charge in [-0.2, -0.15) is 5.10 Å². The first-order valence-electron chi connectivity index (χ1n) is 5.80. The van der Waals surface area contributed by atoms with Gasteiger partial charge in [0.1, 0.15) is 4.90 Å². The number of anilines is 2. The van der Waals surface area contributed by atoms with Crippen molar-refractivity contribution in [2.24, 2.45) is 0 Å². The van der Waals surface area contributed by atoms with E-state index in [0.29, 0.717) is 22.8 Å². The van der Waals surface area contributed by atoms with Crippen LogP contribution in [0.1, 0.15) is 11.4 Å². The van der Waals surface area contributed by atoms with E-state index < -0.39 is 10.0 Å². The van der Waals surface area contributed by atoms with Crippen LogP contribution in [0.4, 0.5) is 11.4 Å². The zero-order valence-corrected chi connectivity index (χ0v) is 13.7. The highest BCUT2D eigenvalue weighted by molar-refractivity contribution is 9.10. The third-order valence-corrected chi connectivity index (χ3v) is 5.54. The van der Waals surface area contributed by atoms with E-state index in [4.69, 9.17) is 5.73 Å². The Morgan fingerprint density at radius 2 is 2.00 bits per heavy atom. The van der Waals surface area contributed by atoms with Gasteiger partial charge in [-0.1, -0.05) is 15.9 Å². The first-order valence-corrected chi connectivity index (χ1v) is 8.04. The summed E-state index contributed by atoms with van der Waals surface area (Å²) < 4.78 is 27.3. The summed E-state index contributed by atoms with van der Waals surface area (Å²) >= 11 is 3.29. The smallest absolute Gasteiger partial charge is 0.267 e. The molecule has 108 valence electrons. The molecule has 0 unspecified atom stereocenters. The van der Waals surface area contributed by atoms with Crippen LogP contribution in [0.3, 0.4) is 0 Å². The minimum Gasteiger partial charge on any atom is -0.397 e. The molecule has 8 heteroatoms. The molecule has 3 N–H and O–H groups in total. The van der Waals surface area contributed by atoms with E-state index in [-0.39, 0.29) is 4.90 Å². The van der Waals surface area contributed by atoms with Gasteiger partial charge in [0.05, 0.1) is 22.8 Å². The average molecular weight is 359 g/mol. The Morgan fingerprint density at radius 3 is 2.50 bits per heavy atom. The maximum Gasteiger partial charge on any atom is 0.267 e. The molecule has 0 spiro atoms. The van der Waals surface area contributed by atoms with Gasteiger partial charge in [-0.25, -0.2) is 8.42 Å². The van der Waals surface area contributed by atoms with Crippen LogP contribution in [0.2, 0.25) is 0 Å². The van der Waals surface area contributed by atoms with Crippen molar-refractivity contribution < 1.29 is 8.42 Å². The molecule has 20 heavy (non-hydrogen) atoms. The number of aromatic nitrogens is 2. The molecule has 0 saturated carbocycles. The van der Waals surface area contributed by atoms with Crippen molar-refractivity contribution in [1.82, 2.24) is 10.2 Å². The van der Waals surface area contributed by atoms with Gasteiger partial charge in [0.25, 0.3) is 10.0 Å². The Balaban J connectivity index is 2.55. The lowest BCUT2D eigenvalue weighted by Crippen LogP contribution is -2.28. The number of sulfonamides is 1. The fraction of sp³-hybridized carbons (Fsp3) is 0.250. The minimum absolute atomic E-state index is 0.183. The Bertz CT molecular complexity index is 735. The number of rotatable bonds is 3. The van der Waals surface area contributed by atoms with E-state index >= 15 is 0 Å². The maximum absolute atomic E-state index is 12.7. The van der Waals surface area contributed by atoms with Crippen LogP contribution < -0.4 is 10.0 Å². The zero-order chi connectivity index (χ0) is 15.1. The first-order chi connectivity index (χ1) is 9.25. The fourth-order valence-electron chi connectivity index (χ4n) is 2.00. The average Bonchev–Trinajstić information content (AvgIpc) is 2.68. The van der Waals surface area contributed by atoms with E-state index in [1.165, 1.54) is 11.4 Å². The van der Waals surface area contributed by atoms with Gasteiger partial charge < -0.3 is 5.73 Å². The zero-order valence-electron chi connectivity index (χ0n) is 11.3. The summed E-state index contributed by atoms with van der Waals surface area (Å²) in [6.07, 6.45) is 0. The van der Waals surface area contributed by atoms with E-state index in [0.717, 1.165) is 4.47 Å². The Morgan fingerprint density at radius 1 is 1.35 bits per heavy atom. The molecule has 0 amide bonds. The Kier molecular flexibility index (Phi) is 3.79. The second-order valence-corrected chi connectivity index (χ2v) is 7.26. The number of hydrogen-bond donors (Lipinski definition) is 2. The van der Waals surface area contributed by atoms with Gasteiger partial charge in [-0.05, 0) is 32.0 Å². The minimum atomic E-state index is -3.70. The highest BCUT2D eigenvalue weighted by Crippen LogP contribution is 2.31. The second-order valence-electron chi connectivity index (χ2n) is 4.44. The van der Waals surface area contributed by atoms with Crippen molar-refractivity contribution in [2.45, 2.75) is 18.7 Å². The van der Waals surface area contributed by atoms with Crippen molar-refractivity contribution in [3.05, 3.63) is 34.1 Å². The number of benzene rings is 1. The molecule has 0 aliphatic heterocycles. The maximum atomic E-state index is 12.7. The SMILES string of the molecule is Cc1n[nH]c(C)c1S(=O)(=O)N(C)c1ccc(Br)cc1N. The summed E-state index contributed by atoms with van der Waals surface area (Å²) in [5, 5.41) is 6.60. The Labute approximate surface area is 126 Å². The predicted molar refractivity (Wildman–Crippen MR) is 82.2 cm³/mol. The van der Waals surface area contributed by atoms with Crippen molar-refractivity contribution >= 4 is 37.3 Å². The third kappa shape index (κ3) is 2.40. The van der Waals surface area contributed by atoms with Crippen molar-refractivity contribution in [3.63, 3.8) is 0 Å². The van der Waals surface area contributed by atoms with Crippen molar-refractivity contribution in [2.75, 3.05) is 17.1 Å². The number of nitrogens with two attached hydrogens (primary N) is 1. The van der Waals surface area contributed by atoms with E-state index in [2.05, 4.69) is 26.1 Å².